The summed E-state index contributed by atoms with van der Waals surface area (Å²) in [4.78, 5) is 117. The van der Waals surface area contributed by atoms with Crippen LogP contribution < -0.4 is 71.6 Å². The molecule has 72 heavy (non-hydrogen) atoms. The Bertz CT molecular complexity index is 1930. The first-order valence-electron chi connectivity index (χ1n) is 25.3. The van der Waals surface area contributed by atoms with Crippen molar-refractivity contribution in [2.75, 3.05) is 19.6 Å². The Labute approximate surface area is 425 Å². The van der Waals surface area contributed by atoms with Crippen molar-refractivity contribution in [3.63, 3.8) is 0 Å². The number of unbranched alkanes of at least 4 members (excludes halogenated alkanes) is 2. The topological polar surface area (TPSA) is 402 Å². The number of nitrogens with two attached hydrogens (primary N) is 6. The fourth-order valence-corrected chi connectivity index (χ4v) is 7.50. The molecular weight excluding hydrogens is 927 g/mol. The summed E-state index contributed by atoms with van der Waals surface area (Å²) in [6, 6.07) is 1.08. The molecule has 406 valence electrons. The van der Waals surface area contributed by atoms with Crippen molar-refractivity contribution in [3.8, 4) is 0 Å². The highest BCUT2D eigenvalue weighted by Crippen LogP contribution is 2.14. The first-order chi connectivity index (χ1) is 34.0. The van der Waals surface area contributed by atoms with E-state index in [1.54, 1.807) is 38.1 Å². The predicted molar refractivity (Wildman–Crippen MR) is 279 cm³/mol. The van der Waals surface area contributed by atoms with Crippen LogP contribution in [0.4, 0.5) is 0 Å². The van der Waals surface area contributed by atoms with Crippen LogP contribution in [0.3, 0.4) is 0 Å². The average molecular weight is 1010 g/mol. The van der Waals surface area contributed by atoms with Crippen LogP contribution in [0.25, 0.3) is 0 Å². The molecule has 0 unspecified atom stereocenters. The molecule has 0 fully saturated rings. The third kappa shape index (κ3) is 25.6. The van der Waals surface area contributed by atoms with Crippen molar-refractivity contribution in [2.24, 2.45) is 62.1 Å². The number of amides is 8. The molecule has 0 bridgehead atoms. The van der Waals surface area contributed by atoms with Gasteiger partial charge in [-0.15, -0.1) is 0 Å². The van der Waals surface area contributed by atoms with E-state index in [0.29, 0.717) is 58.0 Å². The Hall–Kier alpha value is -6.52. The molecule has 0 saturated heterocycles. The van der Waals surface area contributed by atoms with E-state index in [0.717, 1.165) is 5.56 Å². The van der Waals surface area contributed by atoms with E-state index in [2.05, 4.69) is 47.2 Å². The van der Waals surface area contributed by atoms with Crippen molar-refractivity contribution >= 4 is 59.2 Å². The quantitative estimate of drug-likeness (QED) is 0.0225. The van der Waals surface area contributed by atoms with Crippen molar-refractivity contribution in [2.45, 2.75) is 174 Å². The van der Waals surface area contributed by atoms with Crippen molar-refractivity contribution < 1.29 is 38.4 Å². The van der Waals surface area contributed by atoms with E-state index in [4.69, 9.17) is 34.4 Å². The molecule has 0 spiro atoms. The van der Waals surface area contributed by atoms with E-state index >= 15 is 0 Å². The lowest BCUT2D eigenvalue weighted by molar-refractivity contribution is -0.136. The fraction of sp³-hybridized carbons (Fsp3) is 0.673. The van der Waals surface area contributed by atoms with Gasteiger partial charge in [0.15, 0.2) is 11.9 Å². The lowest BCUT2D eigenvalue weighted by Crippen LogP contribution is -2.60. The van der Waals surface area contributed by atoms with Crippen LogP contribution in [0.5, 0.6) is 0 Å². The van der Waals surface area contributed by atoms with Gasteiger partial charge in [-0.2, -0.15) is 0 Å². The zero-order chi connectivity index (χ0) is 54.3. The number of rotatable bonds is 36. The second-order valence-corrected chi connectivity index (χ2v) is 18.9. The van der Waals surface area contributed by atoms with Crippen LogP contribution >= 0.6 is 0 Å². The number of aliphatic imine (C=N–C) groups is 2. The molecule has 1 rings (SSSR count). The highest BCUT2D eigenvalue weighted by Gasteiger charge is 2.34. The van der Waals surface area contributed by atoms with Crippen LogP contribution in [-0.2, 0) is 44.8 Å². The second kappa shape index (κ2) is 34.7. The lowest BCUT2D eigenvalue weighted by atomic mass is 9.97. The Morgan fingerprint density at radius 2 is 0.972 bits per heavy atom. The van der Waals surface area contributed by atoms with Gasteiger partial charge >= 0.3 is 0 Å². The van der Waals surface area contributed by atoms with Gasteiger partial charge in [0.05, 0.1) is 0 Å². The average Bonchev–Trinajstić information content (AvgIpc) is 3.32. The van der Waals surface area contributed by atoms with Crippen molar-refractivity contribution in [1.82, 2.24) is 37.2 Å². The maximum absolute atomic E-state index is 14.2. The van der Waals surface area contributed by atoms with Gasteiger partial charge in [-0.1, -0.05) is 91.1 Å². The van der Waals surface area contributed by atoms with Gasteiger partial charge in [-0.05, 0) is 88.7 Å². The normalized spacial score (nSPS) is 14.8. The summed E-state index contributed by atoms with van der Waals surface area (Å²) >= 11 is 0. The molecule has 0 aromatic heterocycles. The molecular formula is C49H87N15O8. The van der Waals surface area contributed by atoms with E-state index in [-0.39, 0.29) is 74.7 Å². The Morgan fingerprint density at radius 1 is 0.514 bits per heavy atom. The number of guanidine groups is 2. The summed E-state index contributed by atoms with van der Waals surface area (Å²) in [6.07, 6.45) is 4.59. The molecule has 23 nitrogen and oxygen atoms in total. The van der Waals surface area contributed by atoms with Crippen LogP contribution in [0, 0.1) is 17.8 Å². The smallest absolute Gasteiger partial charge is 0.243 e. The zero-order valence-corrected chi connectivity index (χ0v) is 43.6. The van der Waals surface area contributed by atoms with Crippen LogP contribution in [-0.4, -0.2) is 121 Å². The molecule has 0 aliphatic rings. The first kappa shape index (κ1) is 63.5. The van der Waals surface area contributed by atoms with Gasteiger partial charge in [0.1, 0.15) is 42.3 Å². The van der Waals surface area contributed by atoms with E-state index in [1.165, 1.54) is 6.92 Å². The maximum Gasteiger partial charge on any atom is 0.243 e. The summed E-state index contributed by atoms with van der Waals surface area (Å²) in [5.41, 5.74) is 34.0. The molecule has 1 aromatic carbocycles. The maximum atomic E-state index is 14.2. The molecule has 9 atom stereocenters. The number of benzene rings is 1. The van der Waals surface area contributed by atoms with Crippen LogP contribution in [0.2, 0.25) is 0 Å². The predicted octanol–water partition coefficient (Wildman–Crippen LogP) is -0.717. The molecule has 23 heteroatoms. The number of hydrogen-bond acceptors (Lipinski definition) is 11. The molecule has 0 aliphatic carbocycles. The minimum Gasteiger partial charge on any atom is -0.370 e. The third-order valence-corrected chi connectivity index (χ3v) is 12.0. The molecule has 0 heterocycles. The lowest BCUT2D eigenvalue weighted by Gasteiger charge is -2.28. The Balaban J connectivity index is 3.37. The standard InChI is InChI=1S/C49H87N15O8/c1-8-10-21-34(45(70)63-38(28-33-19-12-11-13-20-33)47(72)64-39(40(51)65)30(5)9-2)59-42(67)32(7)58-43(68)35(22-14-15-24-50)60-44(69)36(23-17-26-57-49(54)55)61-46(71)37(27-29(3)4)62-41(66)31(6)18-16-25-56-48(52)53/h11-13,19-20,29-32,34-39H,8-10,14-18,21-28,50H2,1-7H3,(H2,51,65)(H,58,68)(H,59,67)(H,60,69)(H,61,71)(H,62,66)(H,63,70)(H,64,72)(H4,52,53,56)(H4,54,55,57)/t30-,31-,32-,34-,35-,36-,37-,38-,39-/m0/s1. The first-order valence-corrected chi connectivity index (χ1v) is 25.3. The number of carbonyl (C=O) groups is 8. The van der Waals surface area contributed by atoms with Gasteiger partial charge in [0, 0.05) is 25.4 Å². The molecule has 0 radical (unpaired) electrons. The SMILES string of the molecule is CCCC[C@H](NC(=O)[C@H](C)NC(=O)[C@H](CCCCN)NC(=O)[C@H](CCCN=C(N)N)NC(=O)[C@H](CC(C)C)NC(=O)[C@@H](C)CCCN=C(N)N)C(=O)N[C@@H](Cc1ccccc1)C(=O)N[C@H](C(N)=O)[C@@H](C)CC. The molecule has 1 aromatic rings. The fourth-order valence-electron chi connectivity index (χ4n) is 7.50. The third-order valence-electron chi connectivity index (χ3n) is 12.0. The number of nitrogens with zero attached hydrogens (tertiary/aromatic N) is 2. The number of primary amides is 1. The summed E-state index contributed by atoms with van der Waals surface area (Å²) in [5, 5.41) is 19.2. The minimum atomic E-state index is -1.22. The van der Waals surface area contributed by atoms with Gasteiger partial charge in [-0.3, -0.25) is 48.3 Å². The summed E-state index contributed by atoms with van der Waals surface area (Å²) in [5.74, 6) is -6.13. The van der Waals surface area contributed by atoms with E-state index in [9.17, 15) is 38.4 Å². The second-order valence-electron chi connectivity index (χ2n) is 18.9. The number of carbonyl (C=O) groups excluding carboxylic acids is 8. The van der Waals surface area contributed by atoms with E-state index < -0.39 is 89.6 Å². The summed E-state index contributed by atoms with van der Waals surface area (Å²) < 4.78 is 0. The minimum absolute atomic E-state index is 0.0291. The van der Waals surface area contributed by atoms with Gasteiger partial charge < -0.3 is 71.6 Å². The Kier molecular flexibility index (Phi) is 30.6. The van der Waals surface area contributed by atoms with Gasteiger partial charge in [0.25, 0.3) is 0 Å². The number of hydrogen-bond donors (Lipinski definition) is 13. The molecule has 8 amide bonds. The van der Waals surface area contributed by atoms with Crippen LogP contribution in [0.15, 0.2) is 40.3 Å². The molecule has 0 aliphatic heterocycles. The zero-order valence-electron chi connectivity index (χ0n) is 43.6. The molecule has 19 N–H and O–H groups in total. The van der Waals surface area contributed by atoms with Gasteiger partial charge in [0.2, 0.25) is 47.3 Å². The summed E-state index contributed by atoms with van der Waals surface area (Å²) in [7, 11) is 0. The van der Waals surface area contributed by atoms with Crippen molar-refractivity contribution in [3.05, 3.63) is 35.9 Å². The van der Waals surface area contributed by atoms with Crippen molar-refractivity contribution in [1.29, 1.82) is 0 Å². The van der Waals surface area contributed by atoms with E-state index in [1.807, 2.05) is 33.8 Å². The monoisotopic (exact) mass is 1010 g/mol. The summed E-state index contributed by atoms with van der Waals surface area (Å²) in [6.45, 7) is 13.2. The Morgan fingerprint density at radius 3 is 1.47 bits per heavy atom. The molecule has 0 saturated carbocycles. The van der Waals surface area contributed by atoms with Gasteiger partial charge in [-0.25, -0.2) is 0 Å². The highest BCUT2D eigenvalue weighted by atomic mass is 16.2. The van der Waals surface area contributed by atoms with Crippen LogP contribution in [0.1, 0.15) is 131 Å². The largest absolute Gasteiger partial charge is 0.370 e. The number of nitrogens with one attached hydrogen (secondary N) is 7. The highest BCUT2D eigenvalue weighted by molar-refractivity contribution is 5.97.